The van der Waals surface area contributed by atoms with Crippen molar-refractivity contribution in [1.82, 2.24) is 20.5 Å². The number of aliphatic imine (C=N–C) groups is 1. The Morgan fingerprint density at radius 1 is 1.28 bits per heavy atom. The second kappa shape index (κ2) is 12.5. The molecule has 29 heavy (non-hydrogen) atoms. The molecular weight excluding hydrogens is 497 g/mol. The van der Waals surface area contributed by atoms with Gasteiger partial charge in [-0.15, -0.1) is 35.3 Å². The molecule has 3 rings (SSSR count). The van der Waals surface area contributed by atoms with E-state index in [1.165, 1.54) is 24.1 Å². The van der Waals surface area contributed by atoms with Gasteiger partial charge in [-0.2, -0.15) is 0 Å². The van der Waals surface area contributed by atoms with Gasteiger partial charge in [0.1, 0.15) is 5.76 Å². The van der Waals surface area contributed by atoms with Crippen molar-refractivity contribution in [2.24, 2.45) is 4.99 Å². The maximum Gasteiger partial charge on any atom is 0.191 e. The Balaban J connectivity index is 0.00000300. The normalized spacial score (nSPS) is 16.3. The van der Waals surface area contributed by atoms with E-state index in [0.717, 1.165) is 55.0 Å². The van der Waals surface area contributed by atoms with Crippen molar-refractivity contribution in [3.05, 3.63) is 39.7 Å². The molecule has 6 nitrogen and oxygen atoms in total. The number of nitrogens with one attached hydrogen (secondary N) is 2. The van der Waals surface area contributed by atoms with Gasteiger partial charge >= 0.3 is 0 Å². The minimum atomic E-state index is 0. The molecule has 0 spiro atoms. The van der Waals surface area contributed by atoms with E-state index in [2.05, 4.69) is 47.4 Å². The van der Waals surface area contributed by atoms with Gasteiger partial charge < -0.3 is 15.1 Å². The van der Waals surface area contributed by atoms with Gasteiger partial charge in [-0.3, -0.25) is 9.89 Å². The molecule has 0 amide bonds. The third kappa shape index (κ3) is 7.25. The van der Waals surface area contributed by atoms with E-state index in [0.29, 0.717) is 6.54 Å². The van der Waals surface area contributed by atoms with Crippen molar-refractivity contribution in [2.75, 3.05) is 32.7 Å². The number of aryl methyl sites for hydroxylation is 2. The second-order valence-corrected chi connectivity index (χ2v) is 8.55. The van der Waals surface area contributed by atoms with Gasteiger partial charge in [-0.05, 0) is 58.8 Å². The summed E-state index contributed by atoms with van der Waals surface area (Å²) in [6, 6.07) is 4.25. The lowest BCUT2D eigenvalue weighted by atomic mass is 10.1. The molecule has 1 fully saturated rings. The van der Waals surface area contributed by atoms with Gasteiger partial charge in [0.2, 0.25) is 0 Å². The minimum Gasteiger partial charge on any atom is -0.468 e. The van der Waals surface area contributed by atoms with E-state index < -0.39 is 0 Å². The van der Waals surface area contributed by atoms with Crippen molar-refractivity contribution in [1.29, 1.82) is 0 Å². The fraction of sp³-hybridized carbons (Fsp3) is 0.619. The number of aromatic nitrogens is 1. The molecule has 1 atom stereocenters. The average Bonchev–Trinajstić information content (AvgIpc) is 3.33. The Morgan fingerprint density at radius 3 is 2.69 bits per heavy atom. The van der Waals surface area contributed by atoms with Crippen molar-refractivity contribution in [3.8, 4) is 0 Å². The highest BCUT2D eigenvalue weighted by Crippen LogP contribution is 2.25. The van der Waals surface area contributed by atoms with Crippen LogP contribution in [-0.2, 0) is 6.42 Å². The van der Waals surface area contributed by atoms with Crippen LogP contribution in [0.1, 0.15) is 53.6 Å². The van der Waals surface area contributed by atoms with Gasteiger partial charge in [0.15, 0.2) is 5.96 Å². The third-order valence-corrected chi connectivity index (χ3v) is 6.25. The summed E-state index contributed by atoms with van der Waals surface area (Å²) in [5, 5.41) is 7.98. The number of piperidine rings is 1. The fourth-order valence-corrected chi connectivity index (χ4v) is 4.65. The zero-order valence-electron chi connectivity index (χ0n) is 17.7. The molecule has 1 aliphatic rings. The summed E-state index contributed by atoms with van der Waals surface area (Å²) >= 11 is 1.78. The molecule has 0 radical (unpaired) electrons. The summed E-state index contributed by atoms with van der Waals surface area (Å²) in [6.07, 6.45) is 6.57. The number of rotatable bonds is 8. The zero-order chi connectivity index (χ0) is 19.8. The highest BCUT2D eigenvalue weighted by molar-refractivity contribution is 14.0. The maximum absolute atomic E-state index is 5.74. The van der Waals surface area contributed by atoms with Crippen LogP contribution in [-0.4, -0.2) is 48.6 Å². The summed E-state index contributed by atoms with van der Waals surface area (Å²) in [4.78, 5) is 13.3. The number of halogens is 1. The van der Waals surface area contributed by atoms with E-state index in [9.17, 15) is 0 Å². The molecule has 0 saturated carbocycles. The van der Waals surface area contributed by atoms with Crippen LogP contribution in [0.4, 0.5) is 0 Å². The Bertz CT molecular complexity index is 740. The van der Waals surface area contributed by atoms with Crippen LogP contribution >= 0.6 is 35.3 Å². The lowest BCUT2D eigenvalue weighted by Crippen LogP contribution is -2.40. The van der Waals surface area contributed by atoms with Gasteiger partial charge in [0, 0.05) is 24.4 Å². The topological polar surface area (TPSA) is 65.7 Å². The molecule has 3 heterocycles. The van der Waals surface area contributed by atoms with Crippen LogP contribution in [0.3, 0.4) is 0 Å². The largest absolute Gasteiger partial charge is 0.468 e. The van der Waals surface area contributed by atoms with Gasteiger partial charge in [0.25, 0.3) is 0 Å². The number of likely N-dealkylation sites (tertiary alicyclic amines) is 1. The fourth-order valence-electron chi connectivity index (χ4n) is 3.72. The molecule has 0 aliphatic carbocycles. The summed E-state index contributed by atoms with van der Waals surface area (Å²) in [6.45, 7) is 10.9. The van der Waals surface area contributed by atoms with Crippen LogP contribution in [0.2, 0.25) is 0 Å². The Morgan fingerprint density at radius 2 is 2.07 bits per heavy atom. The maximum atomic E-state index is 5.74. The summed E-state index contributed by atoms with van der Waals surface area (Å²) in [5.74, 6) is 1.88. The van der Waals surface area contributed by atoms with E-state index in [1.807, 2.05) is 6.07 Å². The van der Waals surface area contributed by atoms with E-state index in [-0.39, 0.29) is 30.0 Å². The first kappa shape index (κ1) is 24.1. The van der Waals surface area contributed by atoms with Gasteiger partial charge in [-0.1, -0.05) is 6.42 Å². The number of hydrogen-bond donors (Lipinski definition) is 2. The molecule has 0 bridgehead atoms. The van der Waals surface area contributed by atoms with Crippen LogP contribution in [0.25, 0.3) is 0 Å². The van der Waals surface area contributed by atoms with Crippen molar-refractivity contribution >= 4 is 41.3 Å². The Labute approximate surface area is 195 Å². The third-order valence-electron chi connectivity index (χ3n) is 5.11. The first-order valence-electron chi connectivity index (χ1n) is 10.4. The zero-order valence-corrected chi connectivity index (χ0v) is 20.9. The highest BCUT2D eigenvalue weighted by atomic mass is 127. The highest BCUT2D eigenvalue weighted by Gasteiger charge is 2.24. The first-order chi connectivity index (χ1) is 13.7. The second-order valence-electron chi connectivity index (χ2n) is 7.27. The predicted molar refractivity (Wildman–Crippen MR) is 132 cm³/mol. The smallest absolute Gasteiger partial charge is 0.191 e. The Kier molecular flexibility index (Phi) is 10.4. The molecule has 2 N–H and O–H groups in total. The first-order valence-corrected chi connectivity index (χ1v) is 11.2. The molecule has 1 saturated heterocycles. The molecule has 0 aromatic carbocycles. The minimum absolute atomic E-state index is 0. The lowest BCUT2D eigenvalue weighted by molar-refractivity contribution is 0.150. The van der Waals surface area contributed by atoms with Gasteiger partial charge in [-0.25, -0.2) is 4.98 Å². The average molecular weight is 532 g/mol. The molecule has 2 aromatic heterocycles. The monoisotopic (exact) mass is 531 g/mol. The van der Waals surface area contributed by atoms with Crippen molar-refractivity contribution in [2.45, 2.75) is 52.5 Å². The van der Waals surface area contributed by atoms with Crippen molar-refractivity contribution < 1.29 is 4.42 Å². The number of furan rings is 1. The number of nitrogens with zero attached hydrogens (tertiary/aromatic N) is 3. The summed E-state index contributed by atoms with van der Waals surface area (Å²) < 4.78 is 5.74. The van der Waals surface area contributed by atoms with E-state index >= 15 is 0 Å². The number of thiazole rings is 1. The van der Waals surface area contributed by atoms with Crippen LogP contribution in [0, 0.1) is 13.8 Å². The molecule has 1 aliphatic heterocycles. The summed E-state index contributed by atoms with van der Waals surface area (Å²) in [7, 11) is 0. The van der Waals surface area contributed by atoms with Gasteiger partial charge in [0.05, 0.1) is 29.6 Å². The molecule has 2 aromatic rings. The predicted octanol–water partition coefficient (Wildman–Crippen LogP) is 4.30. The summed E-state index contributed by atoms with van der Waals surface area (Å²) in [5.41, 5.74) is 1.15. The number of hydrogen-bond acceptors (Lipinski definition) is 5. The molecule has 1 unspecified atom stereocenters. The molecule has 162 valence electrons. The molecule has 8 heteroatoms. The molecular formula is C21H34IN5OS. The van der Waals surface area contributed by atoms with E-state index in [4.69, 9.17) is 9.41 Å². The Hall–Kier alpha value is -1.13. The van der Waals surface area contributed by atoms with Crippen LogP contribution in [0.15, 0.2) is 27.8 Å². The van der Waals surface area contributed by atoms with Crippen molar-refractivity contribution in [3.63, 3.8) is 0 Å². The lowest BCUT2D eigenvalue weighted by Gasteiger charge is -2.32. The number of guanidine groups is 1. The SMILES string of the molecule is CCNC(=NCC(c1ccco1)N1CCCCC1)NCCc1sc(C)nc1C.I. The van der Waals surface area contributed by atoms with E-state index in [1.54, 1.807) is 17.6 Å². The van der Waals surface area contributed by atoms with Crippen LogP contribution in [0.5, 0.6) is 0 Å². The standard InChI is InChI=1S/C21H33N5OS.HI/c1-4-22-21(23-11-10-20-16(2)25-17(3)28-20)24-15-18(19-9-8-14-27-19)26-12-6-5-7-13-26;/h8-9,14,18H,4-7,10-13,15H2,1-3H3,(H2,22,23,24);1H. The quantitative estimate of drug-likeness (QED) is 0.302. The van der Waals surface area contributed by atoms with Crippen LogP contribution < -0.4 is 10.6 Å².